The Bertz CT molecular complexity index is 3100. The van der Waals surface area contributed by atoms with Crippen LogP contribution in [0, 0.1) is 0 Å². The number of furan rings is 1. The number of para-hydroxylation sites is 1. The summed E-state index contributed by atoms with van der Waals surface area (Å²) in [7, 11) is 0. The highest BCUT2D eigenvalue weighted by Gasteiger charge is 2.36. The van der Waals surface area contributed by atoms with E-state index in [2.05, 4.69) is 140 Å². The second kappa shape index (κ2) is 12.9. The van der Waals surface area contributed by atoms with Gasteiger partial charge in [-0.05, 0) is 70.1 Å². The van der Waals surface area contributed by atoms with E-state index >= 15 is 0 Å². The van der Waals surface area contributed by atoms with Crippen molar-refractivity contribution in [3.05, 3.63) is 193 Å². The Kier molecular flexibility index (Phi) is 7.45. The Morgan fingerprint density at radius 1 is 0.439 bits per heavy atom. The predicted molar refractivity (Wildman–Crippen MR) is 233 cm³/mol. The maximum Gasteiger partial charge on any atom is 0.167 e. The molecule has 1 aliphatic rings. The van der Waals surface area contributed by atoms with Crippen LogP contribution in [0.25, 0.3) is 78.0 Å². The lowest BCUT2D eigenvalue weighted by atomic mass is 9.82. The van der Waals surface area contributed by atoms with Crippen molar-refractivity contribution in [3.63, 3.8) is 0 Å². The zero-order valence-corrected chi connectivity index (χ0v) is 31.5. The second-order valence-electron chi connectivity index (χ2n) is 15.2. The van der Waals surface area contributed by atoms with Crippen molar-refractivity contribution >= 4 is 49.8 Å². The van der Waals surface area contributed by atoms with Gasteiger partial charge in [-0.3, -0.25) is 0 Å². The van der Waals surface area contributed by atoms with Crippen LogP contribution in [0.2, 0.25) is 0 Å². The third-order valence-electron chi connectivity index (χ3n) is 11.5. The van der Waals surface area contributed by atoms with Gasteiger partial charge in [0.2, 0.25) is 0 Å². The largest absolute Gasteiger partial charge is 0.455 e. The van der Waals surface area contributed by atoms with Crippen LogP contribution < -0.4 is 4.90 Å². The number of hydrogen-bond acceptors (Lipinski definition) is 5. The van der Waals surface area contributed by atoms with Crippen LogP contribution in [0.4, 0.5) is 17.1 Å². The van der Waals surface area contributed by atoms with Gasteiger partial charge >= 0.3 is 0 Å². The minimum absolute atomic E-state index is 0.156. The van der Waals surface area contributed by atoms with Crippen molar-refractivity contribution in [2.45, 2.75) is 19.3 Å². The van der Waals surface area contributed by atoms with E-state index < -0.39 is 0 Å². The summed E-state index contributed by atoms with van der Waals surface area (Å²) in [5, 5.41) is 4.18. The smallest absolute Gasteiger partial charge is 0.167 e. The predicted octanol–water partition coefficient (Wildman–Crippen LogP) is 13.7. The fourth-order valence-electron chi connectivity index (χ4n) is 8.72. The lowest BCUT2D eigenvalue weighted by Crippen LogP contribution is -2.16. The van der Waals surface area contributed by atoms with Crippen LogP contribution in [0.3, 0.4) is 0 Å². The molecular weight excluding hydrogens is 697 g/mol. The number of benzene rings is 8. The van der Waals surface area contributed by atoms with E-state index in [0.29, 0.717) is 17.5 Å². The van der Waals surface area contributed by atoms with Gasteiger partial charge in [0.1, 0.15) is 11.2 Å². The highest BCUT2D eigenvalue weighted by molar-refractivity contribution is 6.22. The number of anilines is 3. The summed E-state index contributed by atoms with van der Waals surface area (Å²) in [6.07, 6.45) is 0. The normalized spacial score (nSPS) is 12.9. The Hall–Kier alpha value is -7.37. The van der Waals surface area contributed by atoms with Crippen LogP contribution in [-0.4, -0.2) is 15.0 Å². The molecule has 8 aromatic carbocycles. The number of rotatable bonds is 6. The van der Waals surface area contributed by atoms with Gasteiger partial charge in [0.05, 0.1) is 16.6 Å². The summed E-state index contributed by atoms with van der Waals surface area (Å²) >= 11 is 0. The molecule has 10 aromatic rings. The SMILES string of the molecule is CC1(C)c2ccccc2-c2ccc(N(c3ccccc3)c3ccc(-c4nc(-c5ccccc5)nc(-c5ccccc5)n4)c4oc5c6ccccc6ccc5c34)cc21. The molecule has 5 heteroatoms. The summed E-state index contributed by atoms with van der Waals surface area (Å²) in [6, 6.07) is 63.6. The molecule has 5 nitrogen and oxygen atoms in total. The fourth-order valence-corrected chi connectivity index (χ4v) is 8.72. The molecule has 0 fully saturated rings. The van der Waals surface area contributed by atoms with Crippen LogP contribution in [0.15, 0.2) is 186 Å². The van der Waals surface area contributed by atoms with E-state index in [4.69, 9.17) is 19.4 Å². The zero-order chi connectivity index (χ0) is 38.1. The first-order valence-corrected chi connectivity index (χ1v) is 19.4. The summed E-state index contributed by atoms with van der Waals surface area (Å²) in [4.78, 5) is 17.7. The maximum absolute atomic E-state index is 7.13. The van der Waals surface area contributed by atoms with Crippen molar-refractivity contribution in [1.29, 1.82) is 0 Å². The topological polar surface area (TPSA) is 55.1 Å². The standard InChI is InChI=1S/C52H36N4O/c1-52(2)43-25-15-14-24-39(43)40-29-27-37(32-44(40)52)56(36-21-10-5-11-22-36)45-31-30-42(48-46(45)41-28-26-33-16-12-13-23-38(33)47(41)57-48)51-54-49(34-17-6-3-7-18-34)53-50(55-51)35-19-8-4-9-20-35/h3-32H,1-2H3. The molecule has 57 heavy (non-hydrogen) atoms. The maximum atomic E-state index is 7.13. The van der Waals surface area contributed by atoms with E-state index in [1.807, 2.05) is 60.7 Å². The third-order valence-corrected chi connectivity index (χ3v) is 11.5. The Morgan fingerprint density at radius 2 is 1.04 bits per heavy atom. The first kappa shape index (κ1) is 33.0. The van der Waals surface area contributed by atoms with E-state index in [0.717, 1.165) is 66.5 Å². The summed E-state index contributed by atoms with van der Waals surface area (Å²) in [6.45, 7) is 4.66. The molecule has 0 atom stereocenters. The number of fused-ring (bicyclic) bond motifs is 8. The summed E-state index contributed by atoms with van der Waals surface area (Å²) < 4.78 is 7.13. The van der Waals surface area contributed by atoms with Gasteiger partial charge in [-0.25, -0.2) is 15.0 Å². The molecule has 270 valence electrons. The molecule has 0 N–H and O–H groups in total. The van der Waals surface area contributed by atoms with E-state index in [-0.39, 0.29) is 5.41 Å². The van der Waals surface area contributed by atoms with Crippen LogP contribution in [0.1, 0.15) is 25.0 Å². The van der Waals surface area contributed by atoms with Gasteiger partial charge in [-0.15, -0.1) is 0 Å². The van der Waals surface area contributed by atoms with E-state index in [9.17, 15) is 0 Å². The van der Waals surface area contributed by atoms with Crippen molar-refractivity contribution in [3.8, 4) is 45.3 Å². The highest BCUT2D eigenvalue weighted by Crippen LogP contribution is 2.52. The van der Waals surface area contributed by atoms with Crippen LogP contribution in [-0.2, 0) is 5.41 Å². The number of aromatic nitrogens is 3. The van der Waals surface area contributed by atoms with Gasteiger partial charge in [-0.1, -0.05) is 153 Å². The molecule has 0 saturated carbocycles. The monoisotopic (exact) mass is 732 g/mol. The van der Waals surface area contributed by atoms with Crippen molar-refractivity contribution in [2.75, 3.05) is 4.90 Å². The minimum Gasteiger partial charge on any atom is -0.455 e. The Morgan fingerprint density at radius 3 is 1.77 bits per heavy atom. The molecule has 0 unspecified atom stereocenters. The zero-order valence-electron chi connectivity index (χ0n) is 31.5. The quantitative estimate of drug-likeness (QED) is 0.170. The van der Waals surface area contributed by atoms with E-state index in [1.165, 1.54) is 22.3 Å². The average molecular weight is 733 g/mol. The minimum atomic E-state index is -0.156. The molecule has 0 radical (unpaired) electrons. The Labute approximate surface area is 330 Å². The second-order valence-corrected chi connectivity index (χ2v) is 15.2. The van der Waals surface area contributed by atoms with Crippen molar-refractivity contribution < 1.29 is 4.42 Å². The summed E-state index contributed by atoms with van der Waals surface area (Å²) in [5.41, 5.74) is 12.4. The molecule has 0 spiro atoms. The van der Waals surface area contributed by atoms with Crippen LogP contribution >= 0.6 is 0 Å². The first-order chi connectivity index (χ1) is 28.0. The van der Waals surface area contributed by atoms with Gasteiger partial charge < -0.3 is 9.32 Å². The summed E-state index contributed by atoms with van der Waals surface area (Å²) in [5.74, 6) is 1.75. The van der Waals surface area contributed by atoms with Gasteiger partial charge in [0.25, 0.3) is 0 Å². The van der Waals surface area contributed by atoms with Crippen LogP contribution in [0.5, 0.6) is 0 Å². The van der Waals surface area contributed by atoms with Gasteiger partial charge in [0, 0.05) is 38.7 Å². The molecule has 2 aromatic heterocycles. The molecule has 2 heterocycles. The molecule has 11 rings (SSSR count). The van der Waals surface area contributed by atoms with Gasteiger partial charge in [-0.2, -0.15) is 0 Å². The number of nitrogens with zero attached hydrogens (tertiary/aromatic N) is 4. The first-order valence-electron chi connectivity index (χ1n) is 19.4. The number of hydrogen-bond donors (Lipinski definition) is 0. The molecule has 0 amide bonds. The highest BCUT2D eigenvalue weighted by atomic mass is 16.3. The third kappa shape index (κ3) is 5.27. The average Bonchev–Trinajstić information content (AvgIpc) is 3.78. The fraction of sp³-hybridized carbons (Fsp3) is 0.0577. The molecule has 0 saturated heterocycles. The lowest BCUT2D eigenvalue weighted by Gasteiger charge is -2.29. The molecule has 0 aliphatic heterocycles. The van der Waals surface area contributed by atoms with Crippen molar-refractivity contribution in [1.82, 2.24) is 15.0 Å². The molecular formula is C52H36N4O. The Balaban J connectivity index is 1.20. The van der Waals surface area contributed by atoms with Gasteiger partial charge in [0.15, 0.2) is 17.5 Å². The lowest BCUT2D eigenvalue weighted by molar-refractivity contribution is 0.660. The van der Waals surface area contributed by atoms with Crippen molar-refractivity contribution in [2.24, 2.45) is 0 Å². The molecule has 1 aliphatic carbocycles. The molecule has 0 bridgehead atoms. The van der Waals surface area contributed by atoms with E-state index in [1.54, 1.807) is 0 Å².